The first-order valence-corrected chi connectivity index (χ1v) is 6.72. The first-order chi connectivity index (χ1) is 7.05. The second-order valence-electron chi connectivity index (χ2n) is 3.92. The van der Waals surface area contributed by atoms with Gasteiger partial charge in [-0.1, -0.05) is 6.07 Å². The van der Waals surface area contributed by atoms with Crippen LogP contribution in [0, 0.1) is 0 Å². The summed E-state index contributed by atoms with van der Waals surface area (Å²) < 4.78 is 22.5. The number of quaternary nitrogens is 1. The summed E-state index contributed by atoms with van der Waals surface area (Å²) in [6.45, 7) is 0. The highest BCUT2D eigenvalue weighted by Gasteiger charge is 2.30. The Morgan fingerprint density at radius 2 is 2.12 bits per heavy atom. The van der Waals surface area contributed by atoms with Crippen LogP contribution < -0.4 is 17.7 Å². The molecule has 90 valence electrons. The van der Waals surface area contributed by atoms with Crippen LogP contribution in [-0.4, -0.2) is 31.1 Å². The van der Waals surface area contributed by atoms with E-state index in [1.807, 2.05) is 11.4 Å². The van der Waals surface area contributed by atoms with Crippen LogP contribution in [0.15, 0.2) is 24.3 Å². The fourth-order valence-corrected chi connectivity index (χ4v) is 3.60. The van der Waals surface area contributed by atoms with Gasteiger partial charge in [0.1, 0.15) is 23.2 Å². The Balaban J connectivity index is 0.00000128. The summed E-state index contributed by atoms with van der Waals surface area (Å²) in [5, 5.41) is 11.2. The van der Waals surface area contributed by atoms with Crippen LogP contribution in [0.3, 0.4) is 0 Å². The van der Waals surface area contributed by atoms with Gasteiger partial charge in [0.15, 0.2) is 9.84 Å². The average molecular weight is 264 g/mol. The minimum Gasteiger partial charge on any atom is -1.00 e. The van der Waals surface area contributed by atoms with Gasteiger partial charge >= 0.3 is 0 Å². The molecule has 0 spiro atoms. The summed E-state index contributed by atoms with van der Waals surface area (Å²) in [5.74, 6) is 0.736. The molecule has 1 heterocycles. The maximum Gasteiger partial charge on any atom is 0.156 e. The normalized spacial score (nSPS) is 22.6. The van der Waals surface area contributed by atoms with Crippen molar-refractivity contribution >= 4 is 15.5 Å². The van der Waals surface area contributed by atoms with Crippen molar-refractivity contribution in [1.82, 2.24) is 0 Å². The summed E-state index contributed by atoms with van der Waals surface area (Å²) in [6.07, 6.45) is 0.692. The highest BCUT2D eigenvalue weighted by atomic mass is 35.5. The lowest BCUT2D eigenvalue weighted by Crippen LogP contribution is -3.00. The molecule has 0 saturated carbocycles. The Morgan fingerprint density at radius 3 is 2.69 bits per heavy atom. The van der Waals surface area contributed by atoms with E-state index in [0.717, 1.165) is 5.69 Å². The van der Waals surface area contributed by atoms with Crippen molar-refractivity contribution < 1.29 is 31.2 Å². The van der Waals surface area contributed by atoms with Crippen LogP contribution >= 0.6 is 0 Å². The van der Waals surface area contributed by atoms with Crippen molar-refractivity contribution in [3.63, 3.8) is 0 Å². The molecule has 1 atom stereocenters. The molecule has 16 heavy (non-hydrogen) atoms. The molecular weight excluding hydrogens is 250 g/mol. The van der Waals surface area contributed by atoms with Gasteiger partial charge in [0.2, 0.25) is 0 Å². The first kappa shape index (κ1) is 13.3. The smallest absolute Gasteiger partial charge is 0.156 e. The monoisotopic (exact) mass is 263 g/mol. The molecule has 1 unspecified atom stereocenters. The van der Waals surface area contributed by atoms with E-state index < -0.39 is 9.84 Å². The van der Waals surface area contributed by atoms with E-state index in [-0.39, 0.29) is 35.7 Å². The second-order valence-corrected chi connectivity index (χ2v) is 6.15. The Kier molecular flexibility index (Phi) is 4.18. The Morgan fingerprint density at radius 1 is 1.38 bits per heavy atom. The van der Waals surface area contributed by atoms with Gasteiger partial charge < -0.3 is 22.8 Å². The first-order valence-electron chi connectivity index (χ1n) is 4.89. The van der Waals surface area contributed by atoms with E-state index in [1.54, 1.807) is 18.2 Å². The summed E-state index contributed by atoms with van der Waals surface area (Å²) in [6, 6.07) is 6.96. The zero-order valence-corrected chi connectivity index (χ0v) is 10.2. The number of sulfone groups is 1. The van der Waals surface area contributed by atoms with Gasteiger partial charge in [0.25, 0.3) is 0 Å². The van der Waals surface area contributed by atoms with Crippen molar-refractivity contribution in [2.45, 2.75) is 12.5 Å². The van der Waals surface area contributed by atoms with Gasteiger partial charge in [-0.05, 0) is 12.1 Å². The maximum absolute atomic E-state index is 11.2. The number of phenolic OH excluding ortho intramolecular Hbond substituents is 1. The molecule has 3 N–H and O–H groups in total. The molecule has 0 radical (unpaired) electrons. The molecular formula is C10H14ClNO3S. The van der Waals surface area contributed by atoms with Gasteiger partial charge in [-0.3, -0.25) is 0 Å². The minimum absolute atomic E-state index is 0. The van der Waals surface area contributed by atoms with Gasteiger partial charge in [0.05, 0.1) is 5.75 Å². The van der Waals surface area contributed by atoms with E-state index in [0.29, 0.717) is 6.42 Å². The topological polar surface area (TPSA) is 71.0 Å². The van der Waals surface area contributed by atoms with Gasteiger partial charge in [-0.2, -0.15) is 0 Å². The zero-order chi connectivity index (χ0) is 10.9. The van der Waals surface area contributed by atoms with E-state index >= 15 is 0 Å². The van der Waals surface area contributed by atoms with Crippen LogP contribution in [0.2, 0.25) is 0 Å². The number of benzene rings is 1. The van der Waals surface area contributed by atoms with E-state index in [9.17, 15) is 13.5 Å². The molecule has 1 aromatic rings. The van der Waals surface area contributed by atoms with Gasteiger partial charge in [-0.15, -0.1) is 0 Å². The SMILES string of the molecule is O=S1(=O)CCC([NH2+]c2cccc(O)c2)C1.[Cl-]. The molecule has 0 aliphatic carbocycles. The third-order valence-electron chi connectivity index (χ3n) is 2.57. The van der Waals surface area contributed by atoms with Crippen LogP contribution in [0.4, 0.5) is 5.69 Å². The zero-order valence-electron chi connectivity index (χ0n) is 8.64. The number of hydrogen-bond donors (Lipinski definition) is 2. The molecule has 1 aromatic carbocycles. The molecule has 4 nitrogen and oxygen atoms in total. The molecule has 6 heteroatoms. The summed E-state index contributed by atoms with van der Waals surface area (Å²) in [7, 11) is -2.82. The fourth-order valence-electron chi connectivity index (χ4n) is 1.86. The molecule has 1 aliphatic heterocycles. The van der Waals surface area contributed by atoms with Crippen molar-refractivity contribution in [3.8, 4) is 5.75 Å². The molecule has 1 saturated heterocycles. The third kappa shape index (κ3) is 3.37. The molecule has 1 aliphatic rings. The summed E-state index contributed by atoms with van der Waals surface area (Å²) in [5.41, 5.74) is 0.886. The van der Waals surface area contributed by atoms with Crippen molar-refractivity contribution in [1.29, 1.82) is 0 Å². The lowest BCUT2D eigenvalue weighted by molar-refractivity contribution is -0.605. The fraction of sp³-hybridized carbons (Fsp3) is 0.400. The largest absolute Gasteiger partial charge is 1.00 e. The number of halogens is 1. The lowest BCUT2D eigenvalue weighted by atomic mass is 10.2. The van der Waals surface area contributed by atoms with Crippen molar-refractivity contribution in [3.05, 3.63) is 24.3 Å². The van der Waals surface area contributed by atoms with Gasteiger partial charge in [-0.25, -0.2) is 8.42 Å². The van der Waals surface area contributed by atoms with E-state index in [1.165, 1.54) is 0 Å². The highest BCUT2D eigenvalue weighted by molar-refractivity contribution is 7.91. The molecule has 2 rings (SSSR count). The van der Waals surface area contributed by atoms with Crippen LogP contribution in [-0.2, 0) is 9.84 Å². The lowest BCUT2D eigenvalue weighted by Gasteiger charge is -2.06. The van der Waals surface area contributed by atoms with Crippen molar-refractivity contribution in [2.24, 2.45) is 0 Å². The minimum atomic E-state index is -2.82. The molecule has 0 bridgehead atoms. The highest BCUT2D eigenvalue weighted by Crippen LogP contribution is 2.13. The predicted octanol–water partition coefficient (Wildman–Crippen LogP) is -3.22. The Hall–Kier alpha value is -0.780. The number of aromatic hydroxyl groups is 1. The Labute approximate surface area is 101 Å². The predicted molar refractivity (Wildman–Crippen MR) is 56.8 cm³/mol. The molecule has 0 amide bonds. The van der Waals surface area contributed by atoms with E-state index in [4.69, 9.17) is 0 Å². The number of nitrogens with two attached hydrogens (primary N) is 1. The standard InChI is InChI=1S/C10H13NO3S.ClH/c12-10-3-1-2-8(6-10)11-9-4-5-15(13,14)7-9;/h1-3,6,9,11-12H,4-5,7H2;1H. The molecule has 1 fully saturated rings. The summed E-state index contributed by atoms with van der Waals surface area (Å²) in [4.78, 5) is 0. The van der Waals surface area contributed by atoms with Crippen molar-refractivity contribution in [2.75, 3.05) is 11.5 Å². The number of rotatable bonds is 2. The van der Waals surface area contributed by atoms with E-state index in [2.05, 4.69) is 0 Å². The third-order valence-corrected chi connectivity index (χ3v) is 4.36. The van der Waals surface area contributed by atoms with Crippen LogP contribution in [0.25, 0.3) is 0 Å². The number of hydrogen-bond acceptors (Lipinski definition) is 3. The molecule has 0 aromatic heterocycles. The van der Waals surface area contributed by atoms with Crippen LogP contribution in [0.1, 0.15) is 6.42 Å². The average Bonchev–Trinajstić information content (AvgIpc) is 2.45. The van der Waals surface area contributed by atoms with Crippen LogP contribution in [0.5, 0.6) is 5.75 Å². The second kappa shape index (κ2) is 5.03. The quantitative estimate of drug-likeness (QED) is 0.552. The number of phenols is 1. The van der Waals surface area contributed by atoms with Gasteiger partial charge in [0, 0.05) is 12.5 Å². The summed E-state index contributed by atoms with van der Waals surface area (Å²) >= 11 is 0. The Bertz CT molecular complexity index is 461. The maximum atomic E-state index is 11.2.